The number of ether oxygens (including phenoxy) is 4. The SMILES string of the molecule is CC(C)(C)OC(=O)C(=O)OC(C)(C)C.CC(C)(C)OC(=O)C(=O)OC(C)(C)C.CCCCCCCC/C=C\CCCCCCCCNC(=O)C(CCCCN[S-])NC(=O)CCCCC(=O)NC(CCCCN[S-])C(=O)NCCCCCCCC/C=C\CCCCCCCC.[CH3-].[CH3-].[CH3-].[CH3-].[K+].[K+].[K+].[K+].[K+].[K+]. The number of hydrogen-bond acceptors (Lipinski definition) is 16. The number of allylic oxidation sites excluding steroid dienone is 4. The summed E-state index contributed by atoms with van der Waals surface area (Å²) in [6.07, 6.45) is 50.0. The second kappa shape index (κ2) is 94.2. The minimum absolute atomic E-state index is 0. The third-order valence-electron chi connectivity index (χ3n) is 14.3. The van der Waals surface area contributed by atoms with Gasteiger partial charge in [-0.2, -0.15) is 0 Å². The first-order valence-electron chi connectivity index (χ1n) is 36.5. The van der Waals surface area contributed by atoms with Crippen LogP contribution in [0.3, 0.4) is 0 Å². The Morgan fingerprint density at radius 1 is 0.308 bits per heavy atom. The molecule has 0 aliphatic carbocycles. The van der Waals surface area contributed by atoms with Crippen molar-refractivity contribution in [2.24, 2.45) is 0 Å². The van der Waals surface area contributed by atoms with E-state index in [4.69, 9.17) is 44.6 Å². The van der Waals surface area contributed by atoms with Gasteiger partial charge in [-0.05, 0) is 212 Å². The van der Waals surface area contributed by atoms with Crippen molar-refractivity contribution in [1.82, 2.24) is 30.7 Å². The normalized spacial score (nSPS) is 11.2. The fourth-order valence-electron chi connectivity index (χ4n) is 9.43. The predicted octanol–water partition coefficient (Wildman–Crippen LogP) is -0.568. The van der Waals surface area contributed by atoms with Crippen LogP contribution in [0.2, 0.25) is 0 Å². The van der Waals surface area contributed by atoms with Gasteiger partial charge in [0.05, 0.1) is 0 Å². The van der Waals surface area contributed by atoms with E-state index < -0.39 is 58.4 Å². The summed E-state index contributed by atoms with van der Waals surface area (Å²) in [6, 6.07) is -1.18. The molecule has 0 saturated carbocycles. The van der Waals surface area contributed by atoms with E-state index in [9.17, 15) is 38.4 Å². The molecular weight excluding hydrogens is 1510 g/mol. The minimum atomic E-state index is -0.951. The average Bonchev–Trinajstić information content (AvgIpc) is 0.923. The summed E-state index contributed by atoms with van der Waals surface area (Å²) >= 11 is 9.70. The van der Waals surface area contributed by atoms with Crippen LogP contribution in [0, 0.1) is 29.7 Å². The van der Waals surface area contributed by atoms with Crippen molar-refractivity contribution >= 4 is 73.1 Å². The van der Waals surface area contributed by atoms with E-state index in [-0.39, 0.29) is 374 Å². The number of unbranched alkanes of at least 4 members (excludes halogenated alkanes) is 27. The zero-order valence-electron chi connectivity index (χ0n) is 71.9. The summed E-state index contributed by atoms with van der Waals surface area (Å²) in [4.78, 5) is 96.8. The van der Waals surface area contributed by atoms with E-state index in [1.807, 2.05) is 0 Å². The topological polar surface area (TPSA) is 246 Å². The monoisotopic (exact) mass is 1660 g/mol. The quantitative estimate of drug-likeness (QED) is 0.00653. The summed E-state index contributed by atoms with van der Waals surface area (Å²) in [5.41, 5.74) is -2.69. The van der Waals surface area contributed by atoms with Gasteiger partial charge < -0.3 is 105 Å². The second-order valence-electron chi connectivity index (χ2n) is 28.7. The molecule has 0 fully saturated rings. The molecule has 0 aromatic heterocycles. The number of hydrogen-bond donors (Lipinski definition) is 6. The standard InChI is InChI=1S/C54H102N6O4S2.2C10H18O4.4CH3.6K/c1-3-5-7-9-11-13-15-17-19-21-23-25-27-29-31-37-45-55-53(63)49(41-35-39-47-57-65)59-51(61)43-33-34-44-52(62)60-50(42-36-40-48-58-66)54(64)56-46-38-32-30-28-26-24-22-20-18-16-14-12-10-8-6-4-2;2*1-9(2,3)13-7(11)8(12)14-10(4,5)6;;;;;;;;;;/h17-20,49-50,57-58H,3-16,21-48H2,1-2H3,(H,55,63)(H,56,64)(H,59,61)(H,60,62);2*1-6H3;4*1H3;;;;;;/q-2;;;4*-1;6*+1/b19-17-,20-18-;;;;;;;;;;;;. The van der Waals surface area contributed by atoms with Crippen LogP contribution >= 0.6 is 0 Å². The van der Waals surface area contributed by atoms with Crippen molar-refractivity contribution in [3.05, 3.63) is 54.0 Å². The summed E-state index contributed by atoms with van der Waals surface area (Å²) < 4.78 is 24.8. The van der Waals surface area contributed by atoms with E-state index in [0.717, 1.165) is 51.4 Å². The van der Waals surface area contributed by atoms with Gasteiger partial charge >= 0.3 is 332 Å². The smallest absolute Gasteiger partial charge is 0.705 e. The van der Waals surface area contributed by atoms with Crippen LogP contribution in [-0.2, 0) is 82.9 Å². The van der Waals surface area contributed by atoms with Crippen LogP contribution in [-0.4, -0.2) is 108 Å². The molecule has 2 unspecified atom stereocenters. The Morgan fingerprint density at radius 2 is 0.519 bits per heavy atom. The van der Waals surface area contributed by atoms with Gasteiger partial charge in [-0.25, -0.2) is 19.2 Å². The third-order valence-corrected chi connectivity index (χ3v) is 14.7. The predicted molar refractivity (Wildman–Crippen MR) is 415 cm³/mol. The zero-order chi connectivity index (χ0) is 71.4. The van der Waals surface area contributed by atoms with Gasteiger partial charge in [0.2, 0.25) is 23.6 Å². The summed E-state index contributed by atoms with van der Waals surface area (Å²) in [6.45, 7) is 27.4. The van der Waals surface area contributed by atoms with Crippen LogP contribution in [0.5, 0.6) is 0 Å². The summed E-state index contributed by atoms with van der Waals surface area (Å²) in [7, 11) is 0. The first kappa shape index (κ1) is 139. The van der Waals surface area contributed by atoms with Crippen molar-refractivity contribution in [2.45, 2.75) is 375 Å². The Kier molecular flexibility index (Phi) is 125. The van der Waals surface area contributed by atoms with Gasteiger partial charge in [0.25, 0.3) is 0 Å². The van der Waals surface area contributed by atoms with Gasteiger partial charge in [-0.3, -0.25) is 19.2 Å². The molecule has 0 bridgehead atoms. The molecule has 6 N–H and O–H groups in total. The Morgan fingerprint density at radius 3 is 0.740 bits per heavy atom. The van der Waals surface area contributed by atoms with E-state index >= 15 is 0 Å². The molecule has 582 valence electrons. The second-order valence-corrected chi connectivity index (χ2v) is 29.3. The maximum Gasteiger partial charge on any atom is 1.00 e. The molecule has 0 radical (unpaired) electrons. The van der Waals surface area contributed by atoms with Gasteiger partial charge in [0.1, 0.15) is 34.5 Å². The average molecular weight is 1660 g/mol. The largest absolute Gasteiger partial charge is 1.00 e. The Bertz CT molecular complexity index is 1860. The molecular formula is C78H150K6N6O12S2. The minimum Gasteiger partial charge on any atom is -0.705 e. The molecule has 0 saturated heterocycles. The molecule has 0 aliphatic heterocycles. The number of carbonyl (C=O) groups excluding carboxylic acids is 8. The summed E-state index contributed by atoms with van der Waals surface area (Å²) in [5.74, 6) is -4.45. The fraction of sp³-hybridized carbons (Fsp3) is 0.795. The van der Waals surface area contributed by atoms with E-state index in [1.54, 1.807) is 83.1 Å². The number of nitrogens with one attached hydrogen (secondary N) is 6. The van der Waals surface area contributed by atoms with Crippen molar-refractivity contribution in [2.75, 3.05) is 26.2 Å². The van der Waals surface area contributed by atoms with Crippen molar-refractivity contribution in [3.8, 4) is 0 Å². The van der Waals surface area contributed by atoms with Crippen LogP contribution in [0.15, 0.2) is 24.3 Å². The van der Waals surface area contributed by atoms with Gasteiger partial charge in [0.15, 0.2) is 0 Å². The van der Waals surface area contributed by atoms with Crippen LogP contribution in [0.1, 0.15) is 341 Å². The Labute approximate surface area is 907 Å². The molecule has 2 atom stereocenters. The molecule has 0 aromatic carbocycles. The maximum absolute atomic E-state index is 13.1. The van der Waals surface area contributed by atoms with E-state index in [2.05, 4.69) is 68.9 Å². The fourth-order valence-corrected chi connectivity index (χ4v) is 9.72. The molecule has 26 heteroatoms. The number of carbonyl (C=O) groups is 8. The molecule has 0 aromatic rings. The van der Waals surface area contributed by atoms with Gasteiger partial charge in [-0.1, -0.05) is 154 Å². The van der Waals surface area contributed by atoms with Gasteiger partial charge in [0, 0.05) is 25.9 Å². The molecule has 0 rings (SSSR count). The summed E-state index contributed by atoms with van der Waals surface area (Å²) in [5, 5.41) is 12.0. The third kappa shape index (κ3) is 108. The molecule has 0 aliphatic rings. The van der Waals surface area contributed by atoms with Crippen LogP contribution < -0.4 is 339 Å². The molecule has 104 heavy (non-hydrogen) atoms. The number of rotatable bonds is 51. The first-order valence-corrected chi connectivity index (χ1v) is 37.3. The molecule has 4 amide bonds. The maximum atomic E-state index is 13.1. The van der Waals surface area contributed by atoms with Crippen molar-refractivity contribution in [3.63, 3.8) is 0 Å². The first-order chi connectivity index (χ1) is 44.4. The van der Waals surface area contributed by atoms with Crippen LogP contribution in [0.25, 0.3) is 0 Å². The molecule has 18 nitrogen and oxygen atoms in total. The zero-order valence-corrected chi connectivity index (χ0v) is 92.2. The Balaban J connectivity index is -0.000000165. The number of esters is 4. The Hall–Kier alpha value is 5.68. The van der Waals surface area contributed by atoms with Crippen molar-refractivity contribution in [1.29, 1.82) is 0 Å². The molecule has 0 spiro atoms. The van der Waals surface area contributed by atoms with E-state index in [1.165, 1.54) is 154 Å². The molecule has 0 heterocycles. The number of amides is 4. The van der Waals surface area contributed by atoms with Gasteiger partial charge in [-0.15, -0.1) is 0 Å². The van der Waals surface area contributed by atoms with Crippen molar-refractivity contribution < 1.29 is 366 Å². The van der Waals surface area contributed by atoms with E-state index in [0.29, 0.717) is 51.9 Å². The van der Waals surface area contributed by atoms with Crippen LogP contribution in [0.4, 0.5) is 0 Å².